The average Bonchev–Trinajstić information content (AvgIpc) is 2.43. The van der Waals surface area contributed by atoms with E-state index in [4.69, 9.17) is 0 Å². The normalized spacial score (nSPS) is 19.6. The molecule has 1 heterocycles. The van der Waals surface area contributed by atoms with Gasteiger partial charge in [-0.2, -0.15) is 0 Å². The molecule has 4 heteroatoms. The Labute approximate surface area is 113 Å². The van der Waals surface area contributed by atoms with Gasteiger partial charge >= 0.3 is 0 Å². The molecule has 1 atom stereocenters. The molecule has 19 heavy (non-hydrogen) atoms. The van der Waals surface area contributed by atoms with Crippen molar-refractivity contribution in [2.75, 3.05) is 20.1 Å². The quantitative estimate of drug-likeness (QED) is 0.903. The highest BCUT2D eigenvalue weighted by molar-refractivity contribution is 5.18. The van der Waals surface area contributed by atoms with E-state index < -0.39 is 0 Å². The van der Waals surface area contributed by atoms with Crippen molar-refractivity contribution in [3.8, 4) is 0 Å². The van der Waals surface area contributed by atoms with Crippen molar-refractivity contribution in [1.82, 2.24) is 10.2 Å². The SMILES string of the molecule is CNC(C)C1CCN(Cc2cc(F)ccc2F)CC1. The van der Waals surface area contributed by atoms with Gasteiger partial charge in [0.05, 0.1) is 0 Å². The molecule has 0 spiro atoms. The molecule has 1 N–H and O–H groups in total. The Kier molecular flexibility index (Phi) is 4.88. The van der Waals surface area contributed by atoms with Crippen molar-refractivity contribution in [1.29, 1.82) is 0 Å². The lowest BCUT2D eigenvalue weighted by atomic mass is 9.90. The predicted molar refractivity (Wildman–Crippen MR) is 72.9 cm³/mol. The van der Waals surface area contributed by atoms with Gasteiger partial charge in [0.25, 0.3) is 0 Å². The van der Waals surface area contributed by atoms with Crippen LogP contribution in [-0.2, 0) is 6.54 Å². The molecular weight excluding hydrogens is 246 g/mol. The number of rotatable bonds is 4. The van der Waals surface area contributed by atoms with E-state index in [0.29, 0.717) is 24.1 Å². The third kappa shape index (κ3) is 3.74. The van der Waals surface area contributed by atoms with Gasteiger partial charge < -0.3 is 5.32 Å². The molecule has 1 saturated heterocycles. The van der Waals surface area contributed by atoms with Crippen LogP contribution in [0, 0.1) is 17.6 Å². The second-order valence-electron chi connectivity index (χ2n) is 5.43. The smallest absolute Gasteiger partial charge is 0.127 e. The summed E-state index contributed by atoms with van der Waals surface area (Å²) in [5.41, 5.74) is 0.458. The summed E-state index contributed by atoms with van der Waals surface area (Å²) >= 11 is 0. The summed E-state index contributed by atoms with van der Waals surface area (Å²) in [4.78, 5) is 2.21. The summed E-state index contributed by atoms with van der Waals surface area (Å²) in [5, 5.41) is 3.29. The standard InChI is InChI=1S/C15H22F2N2/c1-11(18-2)12-5-7-19(8-6-12)10-13-9-14(16)3-4-15(13)17/h3-4,9,11-12,18H,5-8,10H2,1-2H3. The fourth-order valence-corrected chi connectivity index (χ4v) is 2.75. The van der Waals surface area contributed by atoms with Crippen LogP contribution in [0.1, 0.15) is 25.3 Å². The van der Waals surface area contributed by atoms with E-state index in [1.54, 1.807) is 0 Å². The highest BCUT2D eigenvalue weighted by atomic mass is 19.1. The topological polar surface area (TPSA) is 15.3 Å². The molecule has 2 nitrogen and oxygen atoms in total. The van der Waals surface area contributed by atoms with E-state index in [1.165, 1.54) is 18.2 Å². The molecule has 1 aromatic rings. The van der Waals surface area contributed by atoms with Gasteiger partial charge in [-0.1, -0.05) is 0 Å². The largest absolute Gasteiger partial charge is 0.317 e. The van der Waals surface area contributed by atoms with Crippen LogP contribution >= 0.6 is 0 Å². The fraction of sp³-hybridized carbons (Fsp3) is 0.600. The van der Waals surface area contributed by atoms with Crippen LogP contribution in [-0.4, -0.2) is 31.1 Å². The number of halogens is 2. The Hall–Kier alpha value is -1.00. The zero-order valence-electron chi connectivity index (χ0n) is 11.6. The Morgan fingerprint density at radius 1 is 1.32 bits per heavy atom. The number of nitrogens with zero attached hydrogens (tertiary/aromatic N) is 1. The Balaban J connectivity index is 1.90. The Morgan fingerprint density at radius 3 is 2.63 bits per heavy atom. The summed E-state index contributed by atoms with van der Waals surface area (Å²) in [7, 11) is 1.99. The van der Waals surface area contributed by atoms with Crippen molar-refractivity contribution in [2.45, 2.75) is 32.4 Å². The van der Waals surface area contributed by atoms with Crippen molar-refractivity contribution in [3.63, 3.8) is 0 Å². The number of hydrogen-bond acceptors (Lipinski definition) is 2. The van der Waals surface area contributed by atoms with Gasteiger partial charge in [-0.3, -0.25) is 4.90 Å². The van der Waals surface area contributed by atoms with Crippen LogP contribution in [0.5, 0.6) is 0 Å². The van der Waals surface area contributed by atoms with Gasteiger partial charge in [-0.05, 0) is 64.0 Å². The fourth-order valence-electron chi connectivity index (χ4n) is 2.75. The lowest BCUT2D eigenvalue weighted by Gasteiger charge is -2.34. The zero-order chi connectivity index (χ0) is 13.8. The molecule has 0 amide bonds. The highest BCUT2D eigenvalue weighted by Gasteiger charge is 2.23. The third-order valence-electron chi connectivity index (χ3n) is 4.20. The van der Waals surface area contributed by atoms with Crippen LogP contribution in [0.15, 0.2) is 18.2 Å². The van der Waals surface area contributed by atoms with E-state index >= 15 is 0 Å². The maximum Gasteiger partial charge on any atom is 0.127 e. The van der Waals surface area contributed by atoms with E-state index in [2.05, 4.69) is 17.1 Å². The number of likely N-dealkylation sites (tertiary alicyclic amines) is 1. The van der Waals surface area contributed by atoms with Crippen molar-refractivity contribution in [2.24, 2.45) is 5.92 Å². The Morgan fingerprint density at radius 2 is 2.00 bits per heavy atom. The number of nitrogens with one attached hydrogen (secondary N) is 1. The maximum atomic E-state index is 13.6. The lowest BCUT2D eigenvalue weighted by molar-refractivity contribution is 0.157. The lowest BCUT2D eigenvalue weighted by Crippen LogP contribution is -2.40. The maximum absolute atomic E-state index is 13.6. The zero-order valence-corrected chi connectivity index (χ0v) is 11.6. The van der Waals surface area contributed by atoms with Gasteiger partial charge in [0, 0.05) is 18.2 Å². The minimum Gasteiger partial charge on any atom is -0.317 e. The Bertz CT molecular complexity index is 415. The first-order chi connectivity index (χ1) is 9.10. The van der Waals surface area contributed by atoms with Crippen LogP contribution < -0.4 is 5.32 Å². The molecule has 0 bridgehead atoms. The molecular formula is C15H22F2N2. The molecule has 1 unspecified atom stereocenters. The molecule has 1 aromatic carbocycles. The summed E-state index contributed by atoms with van der Waals surface area (Å²) in [6.07, 6.45) is 2.22. The summed E-state index contributed by atoms with van der Waals surface area (Å²) in [6, 6.07) is 4.20. The van der Waals surface area contributed by atoms with Gasteiger partial charge in [0.1, 0.15) is 11.6 Å². The number of piperidine rings is 1. The summed E-state index contributed by atoms with van der Waals surface area (Å²) in [6.45, 7) is 4.61. The first-order valence-corrected chi connectivity index (χ1v) is 6.93. The molecule has 1 aliphatic rings. The van der Waals surface area contributed by atoms with Gasteiger partial charge in [0.2, 0.25) is 0 Å². The minimum atomic E-state index is -0.366. The minimum absolute atomic E-state index is 0.313. The molecule has 0 aliphatic carbocycles. The van der Waals surface area contributed by atoms with Crippen LogP contribution in [0.2, 0.25) is 0 Å². The molecule has 106 valence electrons. The predicted octanol–water partition coefficient (Wildman–Crippen LogP) is 2.78. The van der Waals surface area contributed by atoms with Crippen LogP contribution in [0.25, 0.3) is 0 Å². The third-order valence-corrected chi connectivity index (χ3v) is 4.20. The highest BCUT2D eigenvalue weighted by Crippen LogP contribution is 2.22. The number of hydrogen-bond donors (Lipinski definition) is 1. The van der Waals surface area contributed by atoms with Crippen LogP contribution in [0.3, 0.4) is 0 Å². The molecule has 2 rings (SSSR count). The molecule has 1 aliphatic heterocycles. The molecule has 0 aromatic heterocycles. The van der Waals surface area contributed by atoms with E-state index in [1.807, 2.05) is 7.05 Å². The summed E-state index contributed by atoms with van der Waals surface area (Å²) in [5.74, 6) is 0.000754. The second kappa shape index (κ2) is 6.44. The monoisotopic (exact) mass is 268 g/mol. The van der Waals surface area contributed by atoms with Crippen molar-refractivity contribution in [3.05, 3.63) is 35.4 Å². The van der Waals surface area contributed by atoms with E-state index in [9.17, 15) is 8.78 Å². The first kappa shape index (κ1) is 14.4. The van der Waals surface area contributed by atoms with Gasteiger partial charge in [-0.15, -0.1) is 0 Å². The number of benzene rings is 1. The average molecular weight is 268 g/mol. The second-order valence-corrected chi connectivity index (χ2v) is 5.43. The van der Waals surface area contributed by atoms with Gasteiger partial charge in [-0.25, -0.2) is 8.78 Å². The summed E-state index contributed by atoms with van der Waals surface area (Å²) < 4.78 is 26.7. The van der Waals surface area contributed by atoms with E-state index in [-0.39, 0.29) is 11.6 Å². The van der Waals surface area contributed by atoms with Crippen molar-refractivity contribution < 1.29 is 8.78 Å². The van der Waals surface area contributed by atoms with Crippen LogP contribution in [0.4, 0.5) is 8.78 Å². The van der Waals surface area contributed by atoms with E-state index in [0.717, 1.165) is 25.9 Å². The molecule has 1 fully saturated rings. The first-order valence-electron chi connectivity index (χ1n) is 6.93. The van der Waals surface area contributed by atoms with Gasteiger partial charge in [0.15, 0.2) is 0 Å². The molecule has 0 radical (unpaired) electrons. The molecule has 0 saturated carbocycles. The van der Waals surface area contributed by atoms with Crippen molar-refractivity contribution >= 4 is 0 Å².